The van der Waals surface area contributed by atoms with E-state index in [4.69, 9.17) is 4.74 Å². The van der Waals surface area contributed by atoms with Gasteiger partial charge in [-0.05, 0) is 36.9 Å². The molecule has 0 aromatic heterocycles. The van der Waals surface area contributed by atoms with E-state index in [-0.39, 0.29) is 0 Å². The van der Waals surface area contributed by atoms with Gasteiger partial charge in [-0.3, -0.25) is 0 Å². The van der Waals surface area contributed by atoms with Gasteiger partial charge in [-0.1, -0.05) is 54.6 Å². The molecule has 0 atom stereocenters. The van der Waals surface area contributed by atoms with Crippen molar-refractivity contribution in [2.75, 3.05) is 7.05 Å². The van der Waals surface area contributed by atoms with Crippen molar-refractivity contribution in [3.8, 4) is 5.75 Å². The topological polar surface area (TPSA) is 21.6 Å². The third-order valence-electron chi connectivity index (χ3n) is 2.64. The van der Waals surface area contributed by atoms with E-state index in [1.165, 1.54) is 5.56 Å². The molecular weight excluding hydrogens is 246 g/mol. The summed E-state index contributed by atoms with van der Waals surface area (Å²) >= 11 is 0. The number of hydrogen-bond donors (Lipinski definition) is 0. The summed E-state index contributed by atoms with van der Waals surface area (Å²) in [6, 6.07) is 16.3. The first kappa shape index (κ1) is 15.7. The predicted molar refractivity (Wildman–Crippen MR) is 87.5 cm³/mol. The Hall–Kier alpha value is -2.35. The van der Waals surface area contributed by atoms with Crippen LogP contribution in [-0.2, 0) is 6.61 Å². The molecule has 104 valence electrons. The Morgan fingerprint density at radius 3 is 2.10 bits per heavy atom. The highest BCUT2D eigenvalue weighted by atomic mass is 16.5. The summed E-state index contributed by atoms with van der Waals surface area (Å²) < 4.78 is 5.69. The van der Waals surface area contributed by atoms with Crippen molar-refractivity contribution < 1.29 is 4.74 Å². The maximum atomic E-state index is 5.69. The molecule has 0 amide bonds. The average molecular weight is 267 g/mol. The Morgan fingerprint density at radius 2 is 1.60 bits per heavy atom. The highest BCUT2D eigenvalue weighted by molar-refractivity contribution is 5.47. The molecule has 2 aromatic rings. The van der Waals surface area contributed by atoms with Gasteiger partial charge in [0.05, 0.1) is 0 Å². The van der Waals surface area contributed by atoms with Crippen molar-refractivity contribution in [3.05, 3.63) is 71.8 Å². The zero-order chi connectivity index (χ0) is 14.8. The van der Waals surface area contributed by atoms with Crippen LogP contribution in [0.1, 0.15) is 16.7 Å². The lowest BCUT2D eigenvalue weighted by Gasteiger charge is -2.06. The zero-order valence-electron chi connectivity index (χ0n) is 12.2. The van der Waals surface area contributed by atoms with Gasteiger partial charge in [0.1, 0.15) is 12.4 Å². The Labute approximate surface area is 121 Å². The van der Waals surface area contributed by atoms with Crippen LogP contribution in [0.5, 0.6) is 5.75 Å². The van der Waals surface area contributed by atoms with Crippen LogP contribution in [0.4, 0.5) is 0 Å². The summed E-state index contributed by atoms with van der Waals surface area (Å²) in [4.78, 5) is 3.25. The Kier molecular flexibility index (Phi) is 6.83. The molecule has 2 nitrogen and oxygen atoms in total. The van der Waals surface area contributed by atoms with Gasteiger partial charge in [0.15, 0.2) is 0 Å². The molecule has 0 unspecified atom stereocenters. The molecule has 0 bridgehead atoms. The SMILES string of the molecule is C=Cc1ccc(COc2ccc(C)cc2)cc1.C=NC. The van der Waals surface area contributed by atoms with Crippen LogP contribution in [-0.4, -0.2) is 13.8 Å². The Balaban J connectivity index is 0.000000612. The summed E-state index contributed by atoms with van der Waals surface area (Å²) in [6.45, 7) is 9.51. The normalized spacial score (nSPS) is 9.10. The zero-order valence-corrected chi connectivity index (χ0v) is 12.2. The van der Waals surface area contributed by atoms with E-state index in [1.54, 1.807) is 7.05 Å². The number of benzene rings is 2. The average Bonchev–Trinajstić information content (AvgIpc) is 2.48. The third kappa shape index (κ3) is 5.53. The molecule has 0 spiro atoms. The molecule has 0 saturated carbocycles. The first-order valence-corrected chi connectivity index (χ1v) is 6.45. The molecule has 0 saturated heterocycles. The van der Waals surface area contributed by atoms with E-state index in [1.807, 2.05) is 30.3 Å². The van der Waals surface area contributed by atoms with E-state index < -0.39 is 0 Å². The van der Waals surface area contributed by atoms with E-state index in [0.29, 0.717) is 6.61 Å². The number of rotatable bonds is 4. The van der Waals surface area contributed by atoms with Crippen LogP contribution in [0.15, 0.2) is 60.1 Å². The summed E-state index contributed by atoms with van der Waals surface area (Å²) in [5.41, 5.74) is 3.54. The van der Waals surface area contributed by atoms with Gasteiger partial charge in [-0.2, -0.15) is 0 Å². The highest BCUT2D eigenvalue weighted by Crippen LogP contribution is 2.14. The summed E-state index contributed by atoms with van der Waals surface area (Å²) in [5.74, 6) is 0.906. The quantitative estimate of drug-likeness (QED) is 0.746. The minimum absolute atomic E-state index is 0.598. The second-order valence-corrected chi connectivity index (χ2v) is 4.36. The minimum Gasteiger partial charge on any atom is -0.489 e. The summed E-state index contributed by atoms with van der Waals surface area (Å²) in [6.07, 6.45) is 1.84. The van der Waals surface area contributed by atoms with Crippen molar-refractivity contribution in [3.63, 3.8) is 0 Å². The highest BCUT2D eigenvalue weighted by Gasteiger charge is 1.95. The second-order valence-electron chi connectivity index (χ2n) is 4.36. The van der Waals surface area contributed by atoms with E-state index in [2.05, 4.69) is 49.5 Å². The van der Waals surface area contributed by atoms with Gasteiger partial charge >= 0.3 is 0 Å². The van der Waals surface area contributed by atoms with Gasteiger partial charge in [0, 0.05) is 7.05 Å². The molecule has 0 heterocycles. The van der Waals surface area contributed by atoms with Crippen LogP contribution in [0.25, 0.3) is 6.08 Å². The van der Waals surface area contributed by atoms with Crippen LogP contribution in [0.2, 0.25) is 0 Å². The van der Waals surface area contributed by atoms with Crippen LogP contribution in [0, 0.1) is 6.92 Å². The van der Waals surface area contributed by atoms with Crippen molar-refractivity contribution >= 4 is 12.8 Å². The number of nitrogens with zero attached hydrogens (tertiary/aromatic N) is 1. The van der Waals surface area contributed by atoms with Gasteiger partial charge in [-0.25, -0.2) is 0 Å². The molecular formula is C18H21NO. The summed E-state index contributed by atoms with van der Waals surface area (Å²) in [7, 11) is 1.64. The first-order chi connectivity index (χ1) is 9.69. The molecule has 0 aliphatic carbocycles. The molecule has 2 heteroatoms. The smallest absolute Gasteiger partial charge is 0.119 e. The number of ether oxygens (including phenoxy) is 1. The third-order valence-corrected chi connectivity index (χ3v) is 2.64. The number of hydrogen-bond acceptors (Lipinski definition) is 2. The van der Waals surface area contributed by atoms with Crippen LogP contribution in [0.3, 0.4) is 0 Å². The fourth-order valence-electron chi connectivity index (χ4n) is 1.55. The molecule has 0 radical (unpaired) electrons. The molecule has 0 fully saturated rings. The van der Waals surface area contributed by atoms with Crippen molar-refractivity contribution in [1.82, 2.24) is 0 Å². The molecule has 0 aliphatic heterocycles. The Bertz CT molecular complexity index is 526. The standard InChI is InChI=1S/C16H16O.C2H5N/c1-3-14-6-8-15(9-7-14)12-17-16-10-4-13(2)5-11-16;1-3-2/h3-11H,1,12H2,2H3;1H2,2H3. The maximum absolute atomic E-state index is 5.69. The number of aryl methyl sites for hydroxylation is 1. The monoisotopic (exact) mass is 267 g/mol. The molecule has 2 aromatic carbocycles. The molecule has 0 N–H and O–H groups in total. The fraction of sp³-hybridized carbons (Fsp3) is 0.167. The minimum atomic E-state index is 0.598. The lowest BCUT2D eigenvalue weighted by molar-refractivity contribution is 0.306. The largest absolute Gasteiger partial charge is 0.489 e. The Morgan fingerprint density at radius 1 is 1.05 bits per heavy atom. The van der Waals surface area contributed by atoms with Gasteiger partial charge in [0.2, 0.25) is 0 Å². The fourth-order valence-corrected chi connectivity index (χ4v) is 1.55. The van der Waals surface area contributed by atoms with Crippen molar-refractivity contribution in [1.29, 1.82) is 0 Å². The van der Waals surface area contributed by atoms with Crippen molar-refractivity contribution in [2.45, 2.75) is 13.5 Å². The molecule has 0 aliphatic rings. The van der Waals surface area contributed by atoms with E-state index in [0.717, 1.165) is 16.9 Å². The van der Waals surface area contributed by atoms with Gasteiger partial charge in [0.25, 0.3) is 0 Å². The molecule has 2 rings (SSSR count). The predicted octanol–water partition coefficient (Wildman–Crippen LogP) is 4.53. The van der Waals surface area contributed by atoms with Crippen LogP contribution >= 0.6 is 0 Å². The second kappa shape index (κ2) is 8.70. The first-order valence-electron chi connectivity index (χ1n) is 6.45. The lowest BCUT2D eigenvalue weighted by Crippen LogP contribution is -1.95. The molecule has 20 heavy (non-hydrogen) atoms. The van der Waals surface area contributed by atoms with Gasteiger partial charge in [-0.15, -0.1) is 0 Å². The van der Waals surface area contributed by atoms with E-state index in [9.17, 15) is 0 Å². The van der Waals surface area contributed by atoms with Crippen molar-refractivity contribution in [2.24, 2.45) is 4.99 Å². The van der Waals surface area contributed by atoms with Gasteiger partial charge < -0.3 is 9.73 Å². The lowest BCUT2D eigenvalue weighted by atomic mass is 10.1. The van der Waals surface area contributed by atoms with E-state index >= 15 is 0 Å². The maximum Gasteiger partial charge on any atom is 0.119 e. The number of aliphatic imine (C=N–C) groups is 1. The summed E-state index contributed by atoms with van der Waals surface area (Å²) in [5, 5.41) is 0. The van der Waals surface area contributed by atoms with Crippen LogP contribution < -0.4 is 4.74 Å².